The number of hydrogen-bond donors (Lipinski definition) is 1. The minimum atomic E-state index is 0.0534. The van der Waals surface area contributed by atoms with Crippen molar-refractivity contribution in [2.45, 2.75) is 50.7 Å². The normalized spacial score (nSPS) is 27.9. The van der Waals surface area contributed by atoms with Crippen LogP contribution in [0.15, 0.2) is 0 Å². The van der Waals surface area contributed by atoms with Gasteiger partial charge in [0, 0.05) is 25.0 Å². The minimum absolute atomic E-state index is 0.0534. The fraction of sp³-hybridized carbons (Fsp3) is 0.750. The zero-order valence-electron chi connectivity index (χ0n) is 9.20. The van der Waals surface area contributed by atoms with E-state index in [0.29, 0.717) is 12.5 Å². The van der Waals surface area contributed by atoms with E-state index in [1.54, 1.807) is 0 Å². The molecule has 1 heterocycles. The van der Waals surface area contributed by atoms with Crippen LogP contribution in [0.2, 0.25) is 0 Å². The van der Waals surface area contributed by atoms with Crippen LogP contribution in [0, 0.1) is 12.3 Å². The van der Waals surface area contributed by atoms with Gasteiger partial charge in [-0.05, 0) is 26.2 Å². The molecule has 0 radical (unpaired) electrons. The summed E-state index contributed by atoms with van der Waals surface area (Å²) < 4.78 is 0. The first-order chi connectivity index (χ1) is 7.22. The molecule has 3 heteroatoms. The van der Waals surface area contributed by atoms with Gasteiger partial charge in [0.05, 0.1) is 6.04 Å². The first-order valence-electron chi connectivity index (χ1n) is 5.72. The predicted molar refractivity (Wildman–Crippen MR) is 59.2 cm³/mol. The van der Waals surface area contributed by atoms with E-state index in [1.165, 1.54) is 12.8 Å². The highest BCUT2D eigenvalue weighted by Crippen LogP contribution is 2.23. The molecule has 2 atom stereocenters. The Bertz CT molecular complexity index is 290. The van der Waals surface area contributed by atoms with Gasteiger partial charge >= 0.3 is 0 Å². The molecule has 1 amide bonds. The third-order valence-electron chi connectivity index (χ3n) is 3.20. The summed E-state index contributed by atoms with van der Waals surface area (Å²) in [5.74, 6) is 2.86. The van der Waals surface area contributed by atoms with Gasteiger partial charge in [0.1, 0.15) is 0 Å². The van der Waals surface area contributed by atoms with Crippen LogP contribution >= 0.6 is 0 Å². The zero-order valence-corrected chi connectivity index (χ0v) is 9.20. The van der Waals surface area contributed by atoms with Crippen molar-refractivity contribution in [2.24, 2.45) is 0 Å². The molecule has 2 rings (SSSR count). The summed E-state index contributed by atoms with van der Waals surface area (Å²) >= 11 is 0. The van der Waals surface area contributed by atoms with Gasteiger partial charge in [0.15, 0.2) is 0 Å². The molecule has 2 unspecified atom stereocenters. The van der Waals surface area contributed by atoms with Crippen LogP contribution in [-0.4, -0.2) is 35.5 Å². The number of amides is 1. The van der Waals surface area contributed by atoms with Gasteiger partial charge < -0.3 is 10.2 Å². The fourth-order valence-corrected chi connectivity index (χ4v) is 2.11. The summed E-state index contributed by atoms with van der Waals surface area (Å²) in [4.78, 5) is 13.9. The average molecular weight is 206 g/mol. The highest BCUT2D eigenvalue weighted by molar-refractivity contribution is 5.84. The number of likely N-dealkylation sites (tertiary alicyclic amines) is 1. The smallest absolute Gasteiger partial charge is 0.240 e. The highest BCUT2D eigenvalue weighted by Gasteiger charge is 2.36. The van der Waals surface area contributed by atoms with E-state index in [2.05, 4.69) is 11.2 Å². The van der Waals surface area contributed by atoms with E-state index in [9.17, 15) is 4.79 Å². The SMILES string of the molecule is C#CCC(C)N1CCC(NC2CC2)C1=O. The van der Waals surface area contributed by atoms with Crippen molar-refractivity contribution >= 4 is 5.91 Å². The number of rotatable bonds is 4. The number of carbonyl (C=O) groups excluding carboxylic acids is 1. The van der Waals surface area contributed by atoms with Gasteiger partial charge in [0.25, 0.3) is 0 Å². The molecule has 1 aliphatic heterocycles. The number of terminal acetylenes is 1. The third-order valence-corrected chi connectivity index (χ3v) is 3.20. The summed E-state index contributed by atoms with van der Waals surface area (Å²) in [6, 6.07) is 0.841. The molecular weight excluding hydrogens is 188 g/mol. The van der Waals surface area contributed by atoms with Gasteiger partial charge in [-0.25, -0.2) is 0 Å². The van der Waals surface area contributed by atoms with E-state index in [0.717, 1.165) is 13.0 Å². The Hall–Kier alpha value is -1.01. The van der Waals surface area contributed by atoms with Gasteiger partial charge in [-0.2, -0.15) is 0 Å². The maximum atomic E-state index is 12.0. The standard InChI is InChI=1S/C12H18N2O/c1-3-4-9(2)14-8-7-11(12(14)15)13-10-5-6-10/h1,9-11,13H,4-8H2,2H3. The molecule has 82 valence electrons. The zero-order chi connectivity index (χ0) is 10.8. The van der Waals surface area contributed by atoms with Crippen molar-refractivity contribution in [1.82, 2.24) is 10.2 Å². The van der Waals surface area contributed by atoms with Crippen LogP contribution in [0.4, 0.5) is 0 Å². The fourth-order valence-electron chi connectivity index (χ4n) is 2.11. The summed E-state index contributed by atoms with van der Waals surface area (Å²) in [5.41, 5.74) is 0. The Morgan fingerprint density at radius 2 is 2.33 bits per heavy atom. The number of hydrogen-bond acceptors (Lipinski definition) is 2. The van der Waals surface area contributed by atoms with E-state index in [4.69, 9.17) is 6.42 Å². The molecule has 0 spiro atoms. The molecular formula is C12H18N2O. The number of nitrogens with one attached hydrogen (secondary N) is 1. The Balaban J connectivity index is 1.88. The summed E-state index contributed by atoms with van der Waals surface area (Å²) in [6.07, 6.45) is 9.31. The van der Waals surface area contributed by atoms with Crippen molar-refractivity contribution in [1.29, 1.82) is 0 Å². The molecule has 2 aliphatic rings. The molecule has 3 nitrogen and oxygen atoms in total. The molecule has 0 aromatic heterocycles. The molecule has 1 saturated heterocycles. The molecule has 1 aliphatic carbocycles. The Morgan fingerprint density at radius 1 is 1.60 bits per heavy atom. The average Bonchev–Trinajstić information content (AvgIpc) is 2.93. The van der Waals surface area contributed by atoms with Crippen LogP contribution in [0.25, 0.3) is 0 Å². The molecule has 2 fully saturated rings. The van der Waals surface area contributed by atoms with Gasteiger partial charge in [-0.15, -0.1) is 12.3 Å². The van der Waals surface area contributed by atoms with Crippen LogP contribution in [0.1, 0.15) is 32.6 Å². The Labute approximate surface area is 91.2 Å². The van der Waals surface area contributed by atoms with Crippen molar-refractivity contribution in [2.75, 3.05) is 6.54 Å². The lowest BCUT2D eigenvalue weighted by Crippen LogP contribution is -2.42. The van der Waals surface area contributed by atoms with Crippen molar-refractivity contribution < 1.29 is 4.79 Å². The lowest BCUT2D eigenvalue weighted by molar-refractivity contribution is -0.131. The largest absolute Gasteiger partial charge is 0.338 e. The molecule has 1 saturated carbocycles. The highest BCUT2D eigenvalue weighted by atomic mass is 16.2. The minimum Gasteiger partial charge on any atom is -0.338 e. The monoisotopic (exact) mass is 206 g/mol. The van der Waals surface area contributed by atoms with Crippen molar-refractivity contribution in [3.63, 3.8) is 0 Å². The Kier molecular flexibility index (Phi) is 2.97. The first-order valence-corrected chi connectivity index (χ1v) is 5.72. The molecule has 15 heavy (non-hydrogen) atoms. The molecule has 0 aromatic rings. The Morgan fingerprint density at radius 3 is 2.93 bits per heavy atom. The van der Waals surface area contributed by atoms with Crippen LogP contribution in [-0.2, 0) is 4.79 Å². The topological polar surface area (TPSA) is 32.3 Å². The summed E-state index contributed by atoms with van der Waals surface area (Å²) in [6.45, 7) is 2.88. The van der Waals surface area contributed by atoms with Gasteiger partial charge in [-0.1, -0.05) is 0 Å². The second-order valence-electron chi connectivity index (χ2n) is 4.57. The second kappa shape index (κ2) is 4.24. The van der Waals surface area contributed by atoms with E-state index < -0.39 is 0 Å². The van der Waals surface area contributed by atoms with Crippen LogP contribution < -0.4 is 5.32 Å². The maximum Gasteiger partial charge on any atom is 0.240 e. The van der Waals surface area contributed by atoms with E-state index >= 15 is 0 Å². The predicted octanol–water partition coefficient (Wildman–Crippen LogP) is 0.751. The second-order valence-corrected chi connectivity index (χ2v) is 4.57. The van der Waals surface area contributed by atoms with Crippen LogP contribution in [0.3, 0.4) is 0 Å². The van der Waals surface area contributed by atoms with E-state index in [1.807, 2.05) is 11.8 Å². The van der Waals surface area contributed by atoms with E-state index in [-0.39, 0.29) is 18.0 Å². The third kappa shape index (κ3) is 2.32. The lowest BCUT2D eigenvalue weighted by atomic mass is 10.2. The lowest BCUT2D eigenvalue weighted by Gasteiger charge is -2.23. The van der Waals surface area contributed by atoms with Gasteiger partial charge in [0.2, 0.25) is 5.91 Å². The quantitative estimate of drug-likeness (QED) is 0.688. The summed E-state index contributed by atoms with van der Waals surface area (Å²) in [5, 5.41) is 3.39. The molecule has 0 aromatic carbocycles. The molecule has 1 N–H and O–H groups in total. The van der Waals surface area contributed by atoms with Crippen LogP contribution in [0.5, 0.6) is 0 Å². The summed E-state index contributed by atoms with van der Waals surface area (Å²) in [7, 11) is 0. The van der Waals surface area contributed by atoms with Crippen molar-refractivity contribution in [3.8, 4) is 12.3 Å². The molecule has 0 bridgehead atoms. The first kappa shape index (κ1) is 10.5. The number of carbonyl (C=O) groups is 1. The maximum absolute atomic E-state index is 12.0. The van der Waals surface area contributed by atoms with Crippen molar-refractivity contribution in [3.05, 3.63) is 0 Å². The van der Waals surface area contributed by atoms with Gasteiger partial charge in [-0.3, -0.25) is 4.79 Å². The number of nitrogens with zero attached hydrogens (tertiary/aromatic N) is 1.